The van der Waals surface area contributed by atoms with Crippen molar-refractivity contribution >= 4 is 35.5 Å². The highest BCUT2D eigenvalue weighted by Crippen LogP contribution is 2.19. The number of guanidine groups is 1. The number of esters is 1. The lowest BCUT2D eigenvalue weighted by atomic mass is 10.1. The van der Waals surface area contributed by atoms with Crippen LogP contribution in [-0.2, 0) is 9.59 Å². The highest BCUT2D eigenvalue weighted by molar-refractivity contribution is 5.98. The molecule has 2 aromatic carbocycles. The summed E-state index contributed by atoms with van der Waals surface area (Å²) in [6.07, 6.45) is -0.763. The third-order valence-electron chi connectivity index (χ3n) is 4.13. The maximum Gasteiger partial charge on any atom is 0.343 e. The lowest BCUT2D eigenvalue weighted by Gasteiger charge is -2.23. The van der Waals surface area contributed by atoms with E-state index in [0.29, 0.717) is 5.69 Å². The van der Waals surface area contributed by atoms with Crippen molar-refractivity contribution in [2.75, 3.05) is 12.4 Å². The molecule has 0 bridgehead atoms. The van der Waals surface area contributed by atoms with Crippen LogP contribution in [0.2, 0.25) is 0 Å². The van der Waals surface area contributed by atoms with E-state index in [2.05, 4.69) is 5.32 Å². The number of aliphatic carboxylic acids is 2. The Morgan fingerprint density at radius 3 is 2.29 bits per heavy atom. The smallest absolute Gasteiger partial charge is 0.343 e. The van der Waals surface area contributed by atoms with Gasteiger partial charge in [-0.05, 0) is 42.5 Å². The van der Waals surface area contributed by atoms with E-state index in [1.54, 1.807) is 0 Å². The highest BCUT2D eigenvalue weighted by atomic mass is 16.5. The monoisotopic (exact) mass is 428 g/mol. The van der Waals surface area contributed by atoms with Gasteiger partial charge < -0.3 is 30.9 Å². The molecule has 0 heterocycles. The van der Waals surface area contributed by atoms with Gasteiger partial charge in [-0.15, -0.1) is 0 Å². The number of carbonyl (C=O) groups is 4. The zero-order valence-corrected chi connectivity index (χ0v) is 16.4. The zero-order valence-electron chi connectivity index (χ0n) is 16.4. The summed E-state index contributed by atoms with van der Waals surface area (Å²) < 4.78 is 5.26. The number of hydrogen-bond acceptors (Lipinski definition) is 6. The number of nitrogens with one attached hydrogen (secondary N) is 2. The molecule has 2 aromatic rings. The van der Waals surface area contributed by atoms with Crippen LogP contribution >= 0.6 is 0 Å². The minimum absolute atomic E-state index is 0.0189. The molecule has 0 radical (unpaired) electrons. The van der Waals surface area contributed by atoms with Gasteiger partial charge in [0.05, 0.1) is 12.0 Å². The van der Waals surface area contributed by atoms with Gasteiger partial charge in [0.15, 0.2) is 5.96 Å². The van der Waals surface area contributed by atoms with Crippen LogP contribution in [0.3, 0.4) is 0 Å². The summed E-state index contributed by atoms with van der Waals surface area (Å²) in [5, 5.41) is 27.8. The molecule has 162 valence electrons. The molecule has 6 N–H and O–H groups in total. The standard InChI is InChI=1S/C20H20N4O7/c1-24(15(18(28)29)10-16(25)26)17(27)12-3-2-4-14(9-12)31-19(30)11-5-7-13(8-6-11)23-20(21)22/h2-9,15H,10H2,1H3,(H,25,26)(H,28,29)(H4,21,22,23)/t15-/m0/s1. The summed E-state index contributed by atoms with van der Waals surface area (Å²) >= 11 is 0. The summed E-state index contributed by atoms with van der Waals surface area (Å²) in [6, 6.07) is 9.93. The molecule has 0 aliphatic heterocycles. The number of carboxylic acids is 2. The normalized spacial score (nSPS) is 11.1. The predicted molar refractivity (Wildman–Crippen MR) is 109 cm³/mol. The van der Waals surface area contributed by atoms with Gasteiger partial charge in [0.2, 0.25) is 0 Å². The molecule has 0 unspecified atom stereocenters. The van der Waals surface area contributed by atoms with E-state index in [1.807, 2.05) is 0 Å². The number of likely N-dealkylation sites (N-methyl/N-ethyl adjacent to an activating group) is 1. The van der Waals surface area contributed by atoms with Crippen LogP contribution in [0.25, 0.3) is 0 Å². The second-order valence-electron chi connectivity index (χ2n) is 6.40. The Morgan fingerprint density at radius 1 is 1.10 bits per heavy atom. The van der Waals surface area contributed by atoms with Gasteiger partial charge in [-0.1, -0.05) is 6.07 Å². The molecular weight excluding hydrogens is 408 g/mol. The number of nitrogens with two attached hydrogens (primary N) is 1. The summed E-state index contributed by atoms with van der Waals surface area (Å²) in [5.41, 5.74) is 5.96. The van der Waals surface area contributed by atoms with E-state index < -0.39 is 36.3 Å². The molecule has 0 aromatic heterocycles. The minimum atomic E-state index is -1.56. The number of ether oxygens (including phenoxy) is 1. The summed E-state index contributed by atoms with van der Waals surface area (Å²) in [6.45, 7) is 0. The van der Waals surface area contributed by atoms with Gasteiger partial charge in [0.25, 0.3) is 5.91 Å². The van der Waals surface area contributed by atoms with Crippen LogP contribution in [0.1, 0.15) is 27.1 Å². The largest absolute Gasteiger partial charge is 0.481 e. The maximum atomic E-state index is 12.6. The number of hydrogen-bond donors (Lipinski definition) is 5. The average Bonchev–Trinajstić information content (AvgIpc) is 2.71. The predicted octanol–water partition coefficient (Wildman–Crippen LogP) is 1.21. The molecule has 0 fully saturated rings. The van der Waals surface area contributed by atoms with Gasteiger partial charge in [0.1, 0.15) is 11.8 Å². The Bertz CT molecular complexity index is 1020. The van der Waals surface area contributed by atoms with Gasteiger partial charge in [0, 0.05) is 18.3 Å². The Hall–Kier alpha value is -4.41. The second kappa shape index (κ2) is 9.87. The summed E-state index contributed by atoms with van der Waals surface area (Å²) in [7, 11) is 1.18. The lowest BCUT2D eigenvalue weighted by Crippen LogP contribution is -2.43. The van der Waals surface area contributed by atoms with E-state index in [4.69, 9.17) is 21.0 Å². The Balaban J connectivity index is 2.14. The van der Waals surface area contributed by atoms with Gasteiger partial charge in [-0.3, -0.25) is 15.0 Å². The van der Waals surface area contributed by atoms with E-state index in [-0.39, 0.29) is 22.8 Å². The molecule has 31 heavy (non-hydrogen) atoms. The molecule has 11 heteroatoms. The van der Waals surface area contributed by atoms with Crippen molar-refractivity contribution in [3.63, 3.8) is 0 Å². The first-order valence-electron chi connectivity index (χ1n) is 8.83. The van der Waals surface area contributed by atoms with Gasteiger partial charge in [-0.25, -0.2) is 9.59 Å². The fourth-order valence-corrected chi connectivity index (χ4v) is 2.60. The number of nitrogens with zero attached hydrogens (tertiary/aromatic N) is 1. The molecule has 2 rings (SSSR count). The Labute approximate surface area is 176 Å². The third kappa shape index (κ3) is 6.29. The summed E-state index contributed by atoms with van der Waals surface area (Å²) in [4.78, 5) is 47.9. The fraction of sp³-hybridized carbons (Fsp3) is 0.150. The SMILES string of the molecule is CN(C(=O)c1cccc(OC(=O)c2ccc(NC(=N)N)cc2)c1)[C@@H](CC(=O)O)C(=O)O. The van der Waals surface area contributed by atoms with Crippen molar-refractivity contribution in [2.45, 2.75) is 12.5 Å². The highest BCUT2D eigenvalue weighted by Gasteiger charge is 2.29. The average molecular weight is 428 g/mol. The molecule has 1 atom stereocenters. The van der Waals surface area contributed by atoms with Crippen molar-refractivity contribution in [3.8, 4) is 5.75 Å². The van der Waals surface area contributed by atoms with E-state index in [9.17, 15) is 24.3 Å². The molecule has 0 saturated carbocycles. The maximum absolute atomic E-state index is 12.6. The molecular formula is C20H20N4O7. The van der Waals surface area contributed by atoms with Crippen LogP contribution < -0.4 is 15.8 Å². The van der Waals surface area contributed by atoms with Crippen LogP contribution in [0.4, 0.5) is 5.69 Å². The van der Waals surface area contributed by atoms with E-state index in [0.717, 1.165) is 4.90 Å². The second-order valence-corrected chi connectivity index (χ2v) is 6.40. The van der Waals surface area contributed by atoms with Crippen molar-refractivity contribution < 1.29 is 34.1 Å². The Kier molecular flexibility index (Phi) is 7.28. The Morgan fingerprint density at radius 2 is 1.74 bits per heavy atom. The molecule has 0 spiro atoms. The topological polar surface area (TPSA) is 183 Å². The van der Waals surface area contributed by atoms with Crippen molar-refractivity contribution in [1.82, 2.24) is 4.90 Å². The lowest BCUT2D eigenvalue weighted by molar-refractivity contribution is -0.148. The van der Waals surface area contributed by atoms with Crippen LogP contribution in [0.15, 0.2) is 48.5 Å². The van der Waals surface area contributed by atoms with Crippen LogP contribution in [0, 0.1) is 5.41 Å². The minimum Gasteiger partial charge on any atom is -0.481 e. The van der Waals surface area contributed by atoms with Crippen LogP contribution in [-0.4, -0.2) is 58.0 Å². The molecule has 0 aliphatic carbocycles. The fourth-order valence-electron chi connectivity index (χ4n) is 2.60. The molecule has 0 saturated heterocycles. The van der Waals surface area contributed by atoms with Crippen molar-refractivity contribution in [3.05, 3.63) is 59.7 Å². The van der Waals surface area contributed by atoms with Gasteiger partial charge in [-0.2, -0.15) is 0 Å². The number of amides is 1. The number of carbonyl (C=O) groups excluding carboxylic acids is 2. The number of rotatable bonds is 8. The quantitative estimate of drug-likeness (QED) is 0.178. The number of benzene rings is 2. The first kappa shape index (κ1) is 22.9. The van der Waals surface area contributed by atoms with E-state index >= 15 is 0 Å². The first-order chi connectivity index (χ1) is 14.6. The first-order valence-corrected chi connectivity index (χ1v) is 8.83. The molecule has 11 nitrogen and oxygen atoms in total. The molecule has 0 aliphatic rings. The van der Waals surface area contributed by atoms with E-state index in [1.165, 1.54) is 55.6 Å². The van der Waals surface area contributed by atoms with Crippen molar-refractivity contribution in [2.24, 2.45) is 5.73 Å². The van der Waals surface area contributed by atoms with Gasteiger partial charge >= 0.3 is 17.9 Å². The third-order valence-corrected chi connectivity index (χ3v) is 4.13. The number of carboxylic acid groups (broad SMARTS) is 2. The van der Waals surface area contributed by atoms with Crippen molar-refractivity contribution in [1.29, 1.82) is 5.41 Å². The number of anilines is 1. The zero-order chi connectivity index (χ0) is 23.1. The summed E-state index contributed by atoms with van der Waals surface area (Å²) in [5.74, 6) is -4.48. The van der Waals surface area contributed by atoms with Crippen LogP contribution in [0.5, 0.6) is 5.75 Å². The molecule has 1 amide bonds.